The first kappa shape index (κ1) is 13.5. The average Bonchev–Trinajstić information content (AvgIpc) is 2.98. The van der Waals surface area contributed by atoms with Gasteiger partial charge in [-0.25, -0.2) is 9.67 Å². The van der Waals surface area contributed by atoms with Crippen molar-refractivity contribution in [1.29, 1.82) is 0 Å². The maximum absolute atomic E-state index is 4.46. The van der Waals surface area contributed by atoms with Crippen LogP contribution in [0.3, 0.4) is 0 Å². The van der Waals surface area contributed by atoms with Gasteiger partial charge in [0.15, 0.2) is 0 Å². The van der Waals surface area contributed by atoms with Crippen LogP contribution in [0.5, 0.6) is 0 Å². The molecular formula is C14H16IN5. The fourth-order valence-corrected chi connectivity index (χ4v) is 2.69. The van der Waals surface area contributed by atoms with Gasteiger partial charge in [-0.1, -0.05) is 19.9 Å². The highest BCUT2D eigenvalue weighted by Gasteiger charge is 2.10. The number of fused-ring (bicyclic) bond motifs is 1. The van der Waals surface area contributed by atoms with Gasteiger partial charge in [0, 0.05) is 15.5 Å². The summed E-state index contributed by atoms with van der Waals surface area (Å²) in [6.45, 7) is 5.89. The largest absolute Gasteiger partial charge is 0.257 e. The molecule has 0 radical (unpaired) electrons. The summed E-state index contributed by atoms with van der Waals surface area (Å²) >= 11 is 2.32. The van der Waals surface area contributed by atoms with Crippen LogP contribution in [0.2, 0.25) is 0 Å². The third kappa shape index (κ3) is 2.70. The van der Waals surface area contributed by atoms with Crippen molar-refractivity contribution in [2.45, 2.75) is 26.9 Å². The van der Waals surface area contributed by atoms with Crippen molar-refractivity contribution in [2.24, 2.45) is 5.92 Å². The predicted molar refractivity (Wildman–Crippen MR) is 86.4 cm³/mol. The van der Waals surface area contributed by atoms with Crippen molar-refractivity contribution in [3.63, 3.8) is 0 Å². The lowest BCUT2D eigenvalue weighted by Crippen LogP contribution is -2.13. The first-order valence-electron chi connectivity index (χ1n) is 6.61. The Kier molecular flexibility index (Phi) is 3.73. The molecule has 1 aromatic carbocycles. The molecule has 0 fully saturated rings. The quantitative estimate of drug-likeness (QED) is 0.653. The smallest absolute Gasteiger partial charge is 0.148 e. The standard InChI is InChI=1S/C14H16IN5/c1-10(2)7-20-14(16-9-18-20)8-19-13-5-12(15)4-3-11(13)6-17-19/h3-6,9-10H,7-8H2,1-2H3. The van der Waals surface area contributed by atoms with Gasteiger partial charge in [-0.3, -0.25) is 4.68 Å². The third-order valence-electron chi connectivity index (χ3n) is 3.13. The number of rotatable bonds is 4. The number of hydrogen-bond donors (Lipinski definition) is 0. The van der Waals surface area contributed by atoms with Crippen LogP contribution in [0.25, 0.3) is 10.9 Å². The van der Waals surface area contributed by atoms with E-state index in [4.69, 9.17) is 0 Å². The number of nitrogens with zero attached hydrogens (tertiary/aromatic N) is 5. The lowest BCUT2D eigenvalue weighted by molar-refractivity contribution is 0.458. The molecule has 0 aliphatic heterocycles. The minimum absolute atomic E-state index is 0.547. The van der Waals surface area contributed by atoms with E-state index in [1.807, 2.05) is 15.6 Å². The van der Waals surface area contributed by atoms with Gasteiger partial charge in [-0.15, -0.1) is 0 Å². The van der Waals surface area contributed by atoms with Crippen molar-refractivity contribution < 1.29 is 0 Å². The molecule has 104 valence electrons. The Morgan fingerprint density at radius 2 is 2.05 bits per heavy atom. The van der Waals surface area contributed by atoms with Gasteiger partial charge in [0.2, 0.25) is 0 Å². The van der Waals surface area contributed by atoms with E-state index in [1.165, 1.54) is 3.57 Å². The zero-order chi connectivity index (χ0) is 14.1. The van der Waals surface area contributed by atoms with Crippen LogP contribution in [0.4, 0.5) is 0 Å². The summed E-state index contributed by atoms with van der Waals surface area (Å²) in [4.78, 5) is 4.36. The fourth-order valence-electron chi connectivity index (χ4n) is 2.21. The van der Waals surface area contributed by atoms with E-state index in [0.717, 1.165) is 23.3 Å². The summed E-state index contributed by atoms with van der Waals surface area (Å²) in [5.74, 6) is 1.49. The van der Waals surface area contributed by atoms with Gasteiger partial charge in [-0.2, -0.15) is 10.2 Å². The molecule has 3 aromatic rings. The lowest BCUT2D eigenvalue weighted by atomic mass is 10.2. The van der Waals surface area contributed by atoms with E-state index in [0.29, 0.717) is 12.5 Å². The Morgan fingerprint density at radius 1 is 1.20 bits per heavy atom. The minimum Gasteiger partial charge on any atom is -0.257 e. The Bertz CT molecular complexity index is 728. The van der Waals surface area contributed by atoms with Crippen molar-refractivity contribution in [3.8, 4) is 0 Å². The SMILES string of the molecule is CC(C)Cn1ncnc1Cn1ncc2ccc(I)cc21. The molecule has 0 bridgehead atoms. The van der Waals surface area contributed by atoms with E-state index in [2.05, 4.69) is 69.8 Å². The highest BCUT2D eigenvalue weighted by Crippen LogP contribution is 2.18. The third-order valence-corrected chi connectivity index (χ3v) is 3.80. The molecule has 2 heterocycles. The maximum atomic E-state index is 4.46. The molecule has 20 heavy (non-hydrogen) atoms. The number of halogens is 1. The summed E-state index contributed by atoms with van der Waals surface area (Å²) in [5.41, 5.74) is 1.14. The molecule has 0 N–H and O–H groups in total. The van der Waals surface area contributed by atoms with Crippen molar-refractivity contribution in [1.82, 2.24) is 24.5 Å². The molecule has 0 amide bonds. The molecule has 3 rings (SSSR count). The van der Waals surface area contributed by atoms with Crippen LogP contribution in [0, 0.1) is 9.49 Å². The minimum atomic E-state index is 0.547. The molecule has 0 aliphatic carbocycles. The van der Waals surface area contributed by atoms with Crippen LogP contribution < -0.4 is 0 Å². The van der Waals surface area contributed by atoms with Crippen LogP contribution >= 0.6 is 22.6 Å². The van der Waals surface area contributed by atoms with Crippen LogP contribution in [0.1, 0.15) is 19.7 Å². The molecule has 0 saturated carbocycles. The Balaban J connectivity index is 1.93. The Morgan fingerprint density at radius 3 is 2.85 bits per heavy atom. The molecule has 0 saturated heterocycles. The summed E-state index contributed by atoms with van der Waals surface area (Å²) in [6.07, 6.45) is 3.52. The normalized spacial score (nSPS) is 11.6. The lowest BCUT2D eigenvalue weighted by Gasteiger charge is -2.09. The molecule has 6 heteroatoms. The van der Waals surface area contributed by atoms with Crippen molar-refractivity contribution >= 4 is 33.5 Å². The molecule has 0 unspecified atom stereocenters. The average molecular weight is 381 g/mol. The summed E-state index contributed by atoms with van der Waals surface area (Å²) in [5, 5.41) is 9.91. The zero-order valence-corrected chi connectivity index (χ0v) is 13.6. The Labute approximate surface area is 131 Å². The van der Waals surface area contributed by atoms with Gasteiger partial charge >= 0.3 is 0 Å². The van der Waals surface area contributed by atoms with Crippen molar-refractivity contribution in [2.75, 3.05) is 0 Å². The second-order valence-corrected chi connectivity index (χ2v) is 6.50. The molecule has 0 atom stereocenters. The Hall–Kier alpha value is -1.44. The first-order valence-corrected chi connectivity index (χ1v) is 7.69. The van der Waals surface area contributed by atoms with Crippen LogP contribution in [0.15, 0.2) is 30.7 Å². The van der Waals surface area contributed by atoms with E-state index >= 15 is 0 Å². The molecule has 5 nitrogen and oxygen atoms in total. The van der Waals surface area contributed by atoms with Gasteiger partial charge in [0.05, 0.1) is 11.7 Å². The van der Waals surface area contributed by atoms with Gasteiger partial charge in [0.1, 0.15) is 18.7 Å². The molecular weight excluding hydrogens is 365 g/mol. The number of hydrogen-bond acceptors (Lipinski definition) is 3. The van der Waals surface area contributed by atoms with E-state index < -0.39 is 0 Å². The van der Waals surface area contributed by atoms with Crippen LogP contribution in [-0.4, -0.2) is 24.5 Å². The van der Waals surface area contributed by atoms with Crippen molar-refractivity contribution in [3.05, 3.63) is 40.1 Å². The highest BCUT2D eigenvalue weighted by molar-refractivity contribution is 14.1. The number of aromatic nitrogens is 5. The summed E-state index contributed by atoms with van der Waals surface area (Å²) < 4.78 is 5.16. The second kappa shape index (κ2) is 5.51. The van der Waals surface area contributed by atoms with E-state index in [1.54, 1.807) is 6.33 Å². The molecule has 2 aromatic heterocycles. The first-order chi connectivity index (χ1) is 9.63. The van der Waals surface area contributed by atoms with Crippen LogP contribution in [-0.2, 0) is 13.1 Å². The van der Waals surface area contributed by atoms with Gasteiger partial charge in [-0.05, 0) is 40.6 Å². The predicted octanol–water partition coefficient (Wildman–Crippen LogP) is 2.94. The van der Waals surface area contributed by atoms with Gasteiger partial charge < -0.3 is 0 Å². The monoisotopic (exact) mass is 381 g/mol. The summed E-state index contributed by atoms with van der Waals surface area (Å²) in [7, 11) is 0. The summed E-state index contributed by atoms with van der Waals surface area (Å²) in [6, 6.07) is 6.33. The second-order valence-electron chi connectivity index (χ2n) is 5.26. The van der Waals surface area contributed by atoms with Gasteiger partial charge in [0.25, 0.3) is 0 Å². The topological polar surface area (TPSA) is 48.5 Å². The van der Waals surface area contributed by atoms with E-state index in [9.17, 15) is 0 Å². The zero-order valence-electron chi connectivity index (χ0n) is 11.5. The molecule has 0 spiro atoms. The molecule has 0 aliphatic rings. The number of benzene rings is 1. The van der Waals surface area contributed by atoms with E-state index in [-0.39, 0.29) is 0 Å². The highest BCUT2D eigenvalue weighted by atomic mass is 127. The fraction of sp³-hybridized carbons (Fsp3) is 0.357. The maximum Gasteiger partial charge on any atom is 0.148 e.